The molecule has 1 aromatic carbocycles. The maximum atomic E-state index is 13.5. The van der Waals surface area contributed by atoms with Crippen molar-refractivity contribution in [2.75, 3.05) is 18.9 Å². The number of esters is 2. The lowest BCUT2D eigenvalue weighted by Gasteiger charge is -2.33. The van der Waals surface area contributed by atoms with Gasteiger partial charge in [0.05, 0.1) is 31.1 Å². The van der Waals surface area contributed by atoms with Gasteiger partial charge in [-0.3, -0.25) is 18.4 Å². The molecule has 2 aliphatic heterocycles. The van der Waals surface area contributed by atoms with E-state index in [-0.39, 0.29) is 31.2 Å². The zero-order valence-electron chi connectivity index (χ0n) is 20.9. The van der Waals surface area contributed by atoms with Gasteiger partial charge < -0.3 is 19.9 Å². The van der Waals surface area contributed by atoms with Gasteiger partial charge in [-0.2, -0.15) is 5.10 Å². The Bertz CT molecular complexity index is 1430. The lowest BCUT2D eigenvalue weighted by atomic mass is 9.93. The minimum absolute atomic E-state index is 0.157. The maximum absolute atomic E-state index is 13.5. The van der Waals surface area contributed by atoms with Gasteiger partial charge in [0.15, 0.2) is 11.9 Å². The fourth-order valence-electron chi connectivity index (χ4n) is 4.72. The second-order valence-electron chi connectivity index (χ2n) is 8.92. The highest BCUT2D eigenvalue weighted by Gasteiger charge is 2.61. The Labute approximate surface area is 217 Å². The normalized spacial score (nSPS) is 28.7. The number of benzene rings is 1. The number of fused-ring (bicyclic) bond motifs is 2. The van der Waals surface area contributed by atoms with Crippen molar-refractivity contribution < 1.29 is 41.9 Å². The van der Waals surface area contributed by atoms with Crippen molar-refractivity contribution in [3.8, 4) is 0 Å². The predicted molar refractivity (Wildman–Crippen MR) is 131 cm³/mol. The van der Waals surface area contributed by atoms with Crippen LogP contribution in [0.2, 0.25) is 0 Å². The lowest BCUT2D eigenvalue weighted by Crippen LogP contribution is -2.45. The zero-order valence-corrected chi connectivity index (χ0v) is 21.8. The van der Waals surface area contributed by atoms with Gasteiger partial charge in [-0.1, -0.05) is 18.2 Å². The average molecular weight is 546 g/mol. The number of aromatic nitrogens is 3. The SMILES string of the molecule is CCOC(=O)c1ccccc1COP1(=O)OC[C@H]2O[C@@](C)(c3ccc4c(N)ncnn34)[C@H](OC(C)=O)[C@@H]2O1. The number of nitrogen functional groups attached to an aromatic ring is 1. The van der Waals surface area contributed by atoms with E-state index in [2.05, 4.69) is 10.1 Å². The van der Waals surface area contributed by atoms with E-state index in [9.17, 15) is 14.2 Å². The van der Waals surface area contributed by atoms with E-state index in [1.807, 2.05) is 0 Å². The monoisotopic (exact) mass is 546 g/mol. The van der Waals surface area contributed by atoms with Gasteiger partial charge in [0.1, 0.15) is 29.7 Å². The molecule has 13 nitrogen and oxygen atoms in total. The molecule has 4 heterocycles. The largest absolute Gasteiger partial charge is 0.475 e. The highest BCUT2D eigenvalue weighted by molar-refractivity contribution is 7.48. The molecule has 0 amide bonds. The molecule has 0 radical (unpaired) electrons. The second-order valence-corrected chi connectivity index (χ2v) is 10.5. The van der Waals surface area contributed by atoms with E-state index < -0.39 is 43.7 Å². The molecule has 3 aromatic rings. The molecule has 2 aliphatic rings. The molecule has 2 N–H and O–H groups in total. The first-order valence-corrected chi connectivity index (χ1v) is 13.4. The highest BCUT2D eigenvalue weighted by Crippen LogP contribution is 2.59. The van der Waals surface area contributed by atoms with Gasteiger partial charge in [-0.05, 0) is 37.6 Å². The molecule has 0 saturated carbocycles. The van der Waals surface area contributed by atoms with Gasteiger partial charge in [0.25, 0.3) is 0 Å². The average Bonchev–Trinajstić information content (AvgIpc) is 3.44. The Balaban J connectivity index is 1.41. The Hall–Kier alpha value is -3.35. The number of rotatable bonds is 7. The van der Waals surface area contributed by atoms with Crippen molar-refractivity contribution >= 4 is 31.1 Å². The summed E-state index contributed by atoms with van der Waals surface area (Å²) in [7, 11) is -4.16. The van der Waals surface area contributed by atoms with Gasteiger partial charge in [-0.25, -0.2) is 18.9 Å². The van der Waals surface area contributed by atoms with Gasteiger partial charge in [0.2, 0.25) is 0 Å². The van der Waals surface area contributed by atoms with Crippen LogP contribution in [-0.4, -0.2) is 58.1 Å². The molecule has 2 fully saturated rings. The summed E-state index contributed by atoms with van der Waals surface area (Å²) in [4.78, 5) is 28.4. The molecule has 5 rings (SSSR count). The van der Waals surface area contributed by atoms with Crippen molar-refractivity contribution in [2.24, 2.45) is 0 Å². The van der Waals surface area contributed by atoms with Crippen LogP contribution in [0, 0.1) is 0 Å². The Morgan fingerprint density at radius 3 is 2.82 bits per heavy atom. The number of carbonyl (C=O) groups excluding carboxylic acids is 2. The van der Waals surface area contributed by atoms with Crippen molar-refractivity contribution in [2.45, 2.75) is 51.3 Å². The third kappa shape index (κ3) is 4.67. The van der Waals surface area contributed by atoms with Gasteiger partial charge in [-0.15, -0.1) is 0 Å². The van der Waals surface area contributed by atoms with E-state index in [1.165, 1.54) is 13.3 Å². The molecule has 1 unspecified atom stereocenters. The summed E-state index contributed by atoms with van der Waals surface area (Å²) in [5.41, 5.74) is 6.47. The fraction of sp³-hybridized carbons (Fsp3) is 0.417. The minimum Gasteiger partial charge on any atom is -0.462 e. The first kappa shape index (κ1) is 26.3. The van der Waals surface area contributed by atoms with E-state index in [4.69, 9.17) is 33.5 Å². The Morgan fingerprint density at radius 1 is 1.26 bits per heavy atom. The smallest absolute Gasteiger partial charge is 0.462 e. The summed E-state index contributed by atoms with van der Waals surface area (Å²) in [6.07, 6.45) is -1.47. The summed E-state index contributed by atoms with van der Waals surface area (Å²) in [6.45, 7) is 4.46. The summed E-state index contributed by atoms with van der Waals surface area (Å²) in [6, 6.07) is 10.1. The van der Waals surface area contributed by atoms with E-state index in [0.29, 0.717) is 16.8 Å². The van der Waals surface area contributed by atoms with Crippen LogP contribution in [0.25, 0.3) is 5.52 Å². The van der Waals surface area contributed by atoms with Crippen LogP contribution >= 0.6 is 7.82 Å². The number of hydrogen-bond donors (Lipinski definition) is 1. The van der Waals surface area contributed by atoms with Crippen LogP contribution in [-0.2, 0) is 49.3 Å². The van der Waals surface area contributed by atoms with Crippen LogP contribution < -0.4 is 5.73 Å². The van der Waals surface area contributed by atoms with Crippen LogP contribution in [0.5, 0.6) is 0 Å². The van der Waals surface area contributed by atoms with E-state index in [0.717, 1.165) is 0 Å². The fourth-order valence-corrected chi connectivity index (χ4v) is 6.08. The molecular weight excluding hydrogens is 519 g/mol. The van der Waals surface area contributed by atoms with Crippen molar-refractivity contribution in [3.63, 3.8) is 0 Å². The predicted octanol–water partition coefficient (Wildman–Crippen LogP) is 2.77. The van der Waals surface area contributed by atoms with Crippen molar-refractivity contribution in [1.82, 2.24) is 14.6 Å². The topological polar surface area (TPSA) is 163 Å². The molecule has 2 aromatic heterocycles. The number of carbonyl (C=O) groups is 2. The molecule has 14 heteroatoms. The third-order valence-corrected chi connectivity index (χ3v) is 7.84. The number of nitrogens with zero attached hydrogens (tertiary/aromatic N) is 3. The lowest BCUT2D eigenvalue weighted by molar-refractivity contribution is -0.160. The summed E-state index contributed by atoms with van der Waals surface area (Å²) in [5, 5.41) is 4.27. The maximum Gasteiger partial charge on any atom is 0.475 e. The van der Waals surface area contributed by atoms with Crippen LogP contribution in [0.3, 0.4) is 0 Å². The molecule has 0 bridgehead atoms. The first-order chi connectivity index (χ1) is 18.1. The van der Waals surface area contributed by atoms with Crippen molar-refractivity contribution in [1.29, 1.82) is 0 Å². The summed E-state index contributed by atoms with van der Waals surface area (Å²) in [5.74, 6) is -0.862. The summed E-state index contributed by atoms with van der Waals surface area (Å²) < 4.78 is 49.0. The number of phosphoric ester groups is 1. The van der Waals surface area contributed by atoms with Crippen molar-refractivity contribution in [3.05, 3.63) is 59.5 Å². The minimum atomic E-state index is -4.16. The molecular formula is C24H27N4O9P. The standard InChI is InChI=1S/C24H27N4O9P/c1-4-32-23(30)16-8-6-5-7-15(16)11-33-38(31)34-12-18-20(37-38)21(35-14(2)29)24(3,36-18)19-10-9-17-22(25)26-13-27-28(17)19/h5-10,13,18,20-21H,4,11-12H2,1-3H3,(H2,25,26,27)/t18-,20-,21-,24+,38?/m1/s1. The first-order valence-electron chi connectivity index (χ1n) is 11.9. The molecule has 202 valence electrons. The highest BCUT2D eigenvalue weighted by atomic mass is 31.2. The van der Waals surface area contributed by atoms with E-state index in [1.54, 1.807) is 54.8 Å². The number of ether oxygens (including phenoxy) is 3. The molecule has 0 spiro atoms. The number of nitrogens with two attached hydrogens (primary N) is 1. The zero-order chi connectivity index (χ0) is 27.1. The van der Waals surface area contributed by atoms with E-state index >= 15 is 0 Å². The molecule has 38 heavy (non-hydrogen) atoms. The molecule has 0 aliphatic carbocycles. The molecule has 5 atom stereocenters. The van der Waals surface area contributed by atoms with Crippen LogP contribution in [0.1, 0.15) is 42.4 Å². The quantitative estimate of drug-likeness (QED) is 0.341. The number of hydrogen-bond acceptors (Lipinski definition) is 12. The van der Waals surface area contributed by atoms with Gasteiger partial charge in [0, 0.05) is 6.92 Å². The van der Waals surface area contributed by atoms with Crippen LogP contribution in [0.15, 0.2) is 42.7 Å². The summed E-state index contributed by atoms with van der Waals surface area (Å²) >= 11 is 0. The number of phosphoric acid groups is 1. The van der Waals surface area contributed by atoms with Gasteiger partial charge >= 0.3 is 19.8 Å². The second kappa shape index (κ2) is 10.1. The molecule has 2 saturated heterocycles. The number of anilines is 1. The van der Waals surface area contributed by atoms with Crippen LogP contribution in [0.4, 0.5) is 5.82 Å². The third-order valence-electron chi connectivity index (χ3n) is 6.43. The Kier molecular flexibility index (Phi) is 6.97. The Morgan fingerprint density at radius 2 is 2.05 bits per heavy atom.